The van der Waals surface area contributed by atoms with Gasteiger partial charge >= 0.3 is 4.87 Å². The van der Waals surface area contributed by atoms with Crippen LogP contribution in [-0.4, -0.2) is 31.8 Å². The molecule has 1 aliphatic heterocycles. The van der Waals surface area contributed by atoms with E-state index < -0.39 is 0 Å². The largest absolute Gasteiger partial charge is 0.356 e. The number of thiazole rings is 1. The van der Waals surface area contributed by atoms with Gasteiger partial charge in [-0.3, -0.25) is 9.59 Å². The molecule has 24 heavy (non-hydrogen) atoms. The zero-order valence-electron chi connectivity index (χ0n) is 14.0. The Morgan fingerprint density at radius 1 is 1.33 bits per heavy atom. The fourth-order valence-corrected chi connectivity index (χ4v) is 3.78. The highest BCUT2D eigenvalue weighted by Gasteiger charge is 2.14. The lowest BCUT2D eigenvalue weighted by molar-refractivity contribution is -0.121. The molecule has 1 amide bonds. The Labute approximate surface area is 144 Å². The summed E-state index contributed by atoms with van der Waals surface area (Å²) in [5, 5.41) is 13.3. The first-order chi connectivity index (χ1) is 11.6. The zero-order valence-corrected chi connectivity index (χ0v) is 14.8. The molecule has 0 aromatic carbocycles. The number of hydrogen-bond donors (Lipinski definition) is 1. The number of aryl methyl sites for hydroxylation is 2. The van der Waals surface area contributed by atoms with Crippen LogP contribution in [-0.2, 0) is 30.7 Å². The van der Waals surface area contributed by atoms with Crippen LogP contribution >= 0.6 is 11.3 Å². The lowest BCUT2D eigenvalue weighted by atomic mass is 10.2. The third kappa shape index (κ3) is 3.92. The molecule has 0 spiro atoms. The lowest BCUT2D eigenvalue weighted by Crippen LogP contribution is -2.28. The van der Waals surface area contributed by atoms with Crippen LogP contribution < -0.4 is 10.2 Å². The molecule has 1 N–H and O–H groups in total. The number of rotatable bonds is 6. The van der Waals surface area contributed by atoms with Gasteiger partial charge in [-0.15, -0.1) is 10.2 Å². The molecule has 0 saturated heterocycles. The van der Waals surface area contributed by atoms with Gasteiger partial charge in [-0.05, 0) is 19.8 Å². The van der Waals surface area contributed by atoms with Crippen molar-refractivity contribution in [1.82, 2.24) is 24.6 Å². The summed E-state index contributed by atoms with van der Waals surface area (Å²) >= 11 is 1.17. The van der Waals surface area contributed by atoms with Crippen molar-refractivity contribution in [2.24, 2.45) is 0 Å². The molecule has 0 aliphatic carbocycles. The summed E-state index contributed by atoms with van der Waals surface area (Å²) < 4.78 is 3.84. The molecule has 3 heterocycles. The monoisotopic (exact) mass is 349 g/mol. The van der Waals surface area contributed by atoms with E-state index in [-0.39, 0.29) is 10.8 Å². The minimum absolute atomic E-state index is 0.00791. The summed E-state index contributed by atoms with van der Waals surface area (Å²) in [7, 11) is 0. The Morgan fingerprint density at radius 3 is 3.00 bits per heavy atom. The molecular weight excluding hydrogens is 326 g/mol. The van der Waals surface area contributed by atoms with E-state index in [4.69, 9.17) is 0 Å². The second-order valence-corrected chi connectivity index (χ2v) is 6.96. The summed E-state index contributed by atoms with van der Waals surface area (Å²) in [6, 6.07) is 0. The molecule has 0 radical (unpaired) electrons. The van der Waals surface area contributed by atoms with Gasteiger partial charge < -0.3 is 14.5 Å². The number of amides is 1. The molecule has 0 atom stereocenters. The number of hydrogen-bond acceptors (Lipinski definition) is 5. The van der Waals surface area contributed by atoms with Crippen LogP contribution in [0.2, 0.25) is 0 Å². The second kappa shape index (κ2) is 7.74. The van der Waals surface area contributed by atoms with E-state index in [0.717, 1.165) is 30.3 Å². The van der Waals surface area contributed by atoms with Gasteiger partial charge in [-0.1, -0.05) is 17.8 Å². The normalized spacial score (nSPS) is 14.2. The van der Waals surface area contributed by atoms with Crippen molar-refractivity contribution in [3.63, 3.8) is 0 Å². The molecule has 1 aliphatic rings. The zero-order chi connectivity index (χ0) is 16.9. The molecule has 0 fully saturated rings. The van der Waals surface area contributed by atoms with Crippen LogP contribution in [0.1, 0.15) is 43.0 Å². The van der Waals surface area contributed by atoms with Crippen LogP contribution in [0.15, 0.2) is 10.2 Å². The predicted molar refractivity (Wildman–Crippen MR) is 92.2 cm³/mol. The fraction of sp³-hybridized carbons (Fsp3) is 0.625. The van der Waals surface area contributed by atoms with E-state index in [1.807, 2.05) is 12.3 Å². The van der Waals surface area contributed by atoms with Crippen molar-refractivity contribution in [2.45, 2.75) is 58.5 Å². The molecule has 8 heteroatoms. The average Bonchev–Trinajstić information content (AvgIpc) is 2.99. The second-order valence-electron chi connectivity index (χ2n) is 6.14. The molecule has 0 saturated carbocycles. The van der Waals surface area contributed by atoms with Gasteiger partial charge in [0.05, 0.1) is 0 Å². The molecule has 2 aromatic rings. The minimum atomic E-state index is -0.0388. The summed E-state index contributed by atoms with van der Waals surface area (Å²) in [5.41, 5.74) is 0.906. The van der Waals surface area contributed by atoms with Crippen molar-refractivity contribution in [3.8, 4) is 0 Å². The number of aromatic nitrogens is 4. The maximum Gasteiger partial charge on any atom is 0.307 e. The summed E-state index contributed by atoms with van der Waals surface area (Å²) in [6.45, 7) is 3.84. The third-order valence-electron chi connectivity index (χ3n) is 4.40. The smallest absolute Gasteiger partial charge is 0.307 e. The Bertz CT molecular complexity index is 761. The Kier molecular flexibility index (Phi) is 5.44. The van der Waals surface area contributed by atoms with Crippen molar-refractivity contribution >= 4 is 17.2 Å². The topological polar surface area (TPSA) is 81.8 Å². The van der Waals surface area contributed by atoms with E-state index in [1.165, 1.54) is 30.6 Å². The number of fused-ring (bicyclic) bond motifs is 1. The predicted octanol–water partition coefficient (Wildman–Crippen LogP) is 1.29. The van der Waals surface area contributed by atoms with E-state index in [2.05, 4.69) is 20.1 Å². The summed E-state index contributed by atoms with van der Waals surface area (Å²) in [5.74, 6) is 1.99. The summed E-state index contributed by atoms with van der Waals surface area (Å²) in [6.07, 6.45) is 5.58. The molecular formula is C16H23N5O2S. The number of carbonyl (C=O) groups is 1. The van der Waals surface area contributed by atoms with Crippen LogP contribution in [0.3, 0.4) is 0 Å². The first-order valence-corrected chi connectivity index (χ1v) is 9.35. The molecule has 0 bridgehead atoms. The number of nitrogens with zero attached hydrogens (tertiary/aromatic N) is 4. The van der Waals surface area contributed by atoms with Crippen molar-refractivity contribution in [2.75, 3.05) is 6.54 Å². The maximum absolute atomic E-state index is 12.0. The first kappa shape index (κ1) is 16.9. The van der Waals surface area contributed by atoms with E-state index in [0.29, 0.717) is 25.9 Å². The van der Waals surface area contributed by atoms with Gasteiger partial charge in [-0.25, -0.2) is 0 Å². The standard InChI is InChI=1S/C16H23N5O2S/c1-12-11-24-16(23)20(12)10-7-15(22)17-8-6-14-19-18-13-5-3-2-4-9-21(13)14/h11H,2-10H2,1H3,(H,17,22). The number of carbonyl (C=O) groups excluding carboxylic acids is 1. The SMILES string of the molecule is Cc1csc(=O)n1CCC(=O)NCCc1nnc2n1CCCCC2. The quantitative estimate of drug-likeness (QED) is 0.852. The maximum atomic E-state index is 12.0. The van der Waals surface area contributed by atoms with Gasteiger partial charge in [0.15, 0.2) is 0 Å². The van der Waals surface area contributed by atoms with Crippen LogP contribution in [0.5, 0.6) is 0 Å². The van der Waals surface area contributed by atoms with Crippen LogP contribution in [0.4, 0.5) is 0 Å². The Hall–Kier alpha value is -1.96. The highest BCUT2D eigenvalue weighted by Crippen LogP contribution is 2.14. The van der Waals surface area contributed by atoms with Crippen LogP contribution in [0, 0.1) is 6.92 Å². The van der Waals surface area contributed by atoms with Crippen molar-refractivity contribution in [1.29, 1.82) is 0 Å². The Balaban J connectivity index is 1.46. The summed E-state index contributed by atoms with van der Waals surface area (Å²) in [4.78, 5) is 23.6. The van der Waals surface area contributed by atoms with Gasteiger partial charge in [0.25, 0.3) is 0 Å². The molecule has 0 unspecified atom stereocenters. The minimum Gasteiger partial charge on any atom is -0.356 e. The van der Waals surface area contributed by atoms with Gasteiger partial charge in [0, 0.05) is 50.0 Å². The molecule has 130 valence electrons. The Morgan fingerprint density at radius 2 is 2.21 bits per heavy atom. The highest BCUT2D eigenvalue weighted by molar-refractivity contribution is 7.07. The van der Waals surface area contributed by atoms with E-state index in [1.54, 1.807) is 4.57 Å². The van der Waals surface area contributed by atoms with E-state index in [9.17, 15) is 9.59 Å². The molecule has 7 nitrogen and oxygen atoms in total. The molecule has 3 rings (SSSR count). The fourth-order valence-electron chi connectivity index (χ4n) is 3.02. The van der Waals surface area contributed by atoms with Crippen molar-refractivity contribution in [3.05, 3.63) is 32.4 Å². The van der Waals surface area contributed by atoms with Gasteiger partial charge in [-0.2, -0.15) is 0 Å². The number of nitrogens with one attached hydrogen (secondary N) is 1. The molecule has 2 aromatic heterocycles. The first-order valence-electron chi connectivity index (χ1n) is 8.48. The van der Waals surface area contributed by atoms with Gasteiger partial charge in [0.1, 0.15) is 11.6 Å². The average molecular weight is 349 g/mol. The third-order valence-corrected chi connectivity index (χ3v) is 5.28. The van der Waals surface area contributed by atoms with Crippen LogP contribution in [0.25, 0.3) is 0 Å². The van der Waals surface area contributed by atoms with E-state index >= 15 is 0 Å². The highest BCUT2D eigenvalue weighted by atomic mass is 32.1. The van der Waals surface area contributed by atoms with Crippen molar-refractivity contribution < 1.29 is 4.79 Å². The van der Waals surface area contributed by atoms with Gasteiger partial charge in [0.2, 0.25) is 5.91 Å². The lowest BCUT2D eigenvalue weighted by Gasteiger charge is -2.08.